The second-order valence-electron chi connectivity index (χ2n) is 3.89. The Morgan fingerprint density at radius 1 is 1.16 bits per heavy atom. The van der Waals surface area contributed by atoms with Crippen molar-refractivity contribution in [2.24, 2.45) is 0 Å². The third-order valence-electron chi connectivity index (χ3n) is 2.53. The quantitative estimate of drug-likeness (QED) is 0.898. The predicted octanol–water partition coefficient (Wildman–Crippen LogP) is 3.91. The van der Waals surface area contributed by atoms with Crippen molar-refractivity contribution in [1.82, 2.24) is 4.98 Å². The van der Waals surface area contributed by atoms with E-state index < -0.39 is 11.7 Å². The lowest BCUT2D eigenvalue weighted by molar-refractivity contribution is -0.137. The number of benzene rings is 1. The van der Waals surface area contributed by atoms with E-state index in [2.05, 4.69) is 4.98 Å². The highest BCUT2D eigenvalue weighted by Gasteiger charge is 2.30. The molecule has 2 aromatic rings. The number of aromatic nitrogens is 1. The van der Waals surface area contributed by atoms with E-state index in [9.17, 15) is 18.3 Å². The van der Waals surface area contributed by atoms with E-state index in [1.165, 1.54) is 6.07 Å². The molecule has 0 spiro atoms. The van der Waals surface area contributed by atoms with Gasteiger partial charge in [-0.3, -0.25) is 0 Å². The first-order valence-electron chi connectivity index (χ1n) is 5.37. The molecule has 0 radical (unpaired) electrons. The topological polar surface area (TPSA) is 42.4 Å². The average molecular weight is 269 g/mol. The fourth-order valence-corrected chi connectivity index (χ4v) is 1.43. The molecular formula is C13H10F3NO2. The number of aromatic hydroxyl groups is 1. The minimum atomic E-state index is -4.42. The van der Waals surface area contributed by atoms with Gasteiger partial charge in [-0.25, -0.2) is 4.98 Å². The first kappa shape index (κ1) is 13.2. The maximum atomic E-state index is 12.3. The van der Waals surface area contributed by atoms with Crippen LogP contribution in [0.2, 0.25) is 0 Å². The molecule has 1 aromatic heterocycles. The molecule has 0 bridgehead atoms. The summed E-state index contributed by atoms with van der Waals surface area (Å²) in [5, 5.41) is 9.48. The molecule has 1 N–H and O–H groups in total. The predicted molar refractivity (Wildman–Crippen MR) is 62.2 cm³/mol. The molecule has 1 aromatic carbocycles. The number of phenolic OH excluding ortho intramolecular Hbond substituents is 1. The summed E-state index contributed by atoms with van der Waals surface area (Å²) in [6.07, 6.45) is -3.72. The normalized spacial score (nSPS) is 11.4. The second-order valence-corrected chi connectivity index (χ2v) is 3.89. The number of halogens is 3. The van der Waals surface area contributed by atoms with Crippen molar-refractivity contribution in [3.05, 3.63) is 47.7 Å². The number of rotatable bonds is 2. The SMILES string of the molecule is Cc1c(O)cccc1Oc1ccc(C(F)(F)F)cn1. The Labute approximate surface area is 107 Å². The summed E-state index contributed by atoms with van der Waals surface area (Å²) < 4.78 is 42.4. The monoisotopic (exact) mass is 269 g/mol. The van der Waals surface area contributed by atoms with Crippen molar-refractivity contribution in [3.8, 4) is 17.4 Å². The Balaban J connectivity index is 2.23. The van der Waals surface area contributed by atoms with E-state index in [0.29, 0.717) is 17.5 Å². The first-order chi connectivity index (χ1) is 8.88. The van der Waals surface area contributed by atoms with Gasteiger partial charge in [0.15, 0.2) is 0 Å². The molecule has 0 amide bonds. The van der Waals surface area contributed by atoms with Gasteiger partial charge in [0, 0.05) is 17.8 Å². The second kappa shape index (κ2) is 4.79. The molecule has 3 nitrogen and oxygen atoms in total. The van der Waals surface area contributed by atoms with E-state index in [-0.39, 0.29) is 11.6 Å². The zero-order valence-corrected chi connectivity index (χ0v) is 9.90. The highest BCUT2D eigenvalue weighted by atomic mass is 19.4. The van der Waals surface area contributed by atoms with Crippen LogP contribution in [0.15, 0.2) is 36.5 Å². The summed E-state index contributed by atoms with van der Waals surface area (Å²) in [5.41, 5.74) is -0.350. The standard InChI is InChI=1S/C13H10F3NO2/c1-8-10(18)3-2-4-11(8)19-12-6-5-9(7-17-12)13(14,15)16/h2-7,18H,1H3. The molecule has 2 rings (SSSR count). The lowest BCUT2D eigenvalue weighted by atomic mass is 10.2. The molecule has 0 saturated carbocycles. The van der Waals surface area contributed by atoms with Gasteiger partial charge in [-0.2, -0.15) is 13.2 Å². The minimum absolute atomic E-state index is 0.0294. The molecule has 0 aliphatic heterocycles. The van der Waals surface area contributed by atoms with Gasteiger partial charge < -0.3 is 9.84 Å². The van der Waals surface area contributed by atoms with Gasteiger partial charge in [0.1, 0.15) is 11.5 Å². The van der Waals surface area contributed by atoms with Crippen LogP contribution in [0.3, 0.4) is 0 Å². The third-order valence-corrected chi connectivity index (χ3v) is 2.53. The van der Waals surface area contributed by atoms with E-state index in [4.69, 9.17) is 4.74 Å². The lowest BCUT2D eigenvalue weighted by Gasteiger charge is -2.10. The molecular weight excluding hydrogens is 259 g/mol. The number of phenols is 1. The summed E-state index contributed by atoms with van der Waals surface area (Å²) in [6.45, 7) is 1.63. The largest absolute Gasteiger partial charge is 0.508 e. The van der Waals surface area contributed by atoms with E-state index >= 15 is 0 Å². The number of pyridine rings is 1. The Kier molecular flexibility index (Phi) is 3.33. The van der Waals surface area contributed by atoms with Crippen molar-refractivity contribution in [2.45, 2.75) is 13.1 Å². The molecule has 0 aliphatic rings. The Morgan fingerprint density at radius 3 is 2.47 bits per heavy atom. The van der Waals surface area contributed by atoms with Crippen LogP contribution in [0, 0.1) is 6.92 Å². The molecule has 0 atom stereocenters. The van der Waals surface area contributed by atoms with Gasteiger partial charge in [0.25, 0.3) is 0 Å². The van der Waals surface area contributed by atoms with Crippen molar-refractivity contribution >= 4 is 0 Å². The highest BCUT2D eigenvalue weighted by Crippen LogP contribution is 2.32. The molecule has 1 heterocycles. The van der Waals surface area contributed by atoms with Crippen LogP contribution < -0.4 is 4.74 Å². The molecule has 100 valence electrons. The summed E-state index contributed by atoms with van der Waals surface area (Å²) >= 11 is 0. The number of hydrogen-bond donors (Lipinski definition) is 1. The molecule has 0 unspecified atom stereocenters. The number of ether oxygens (including phenoxy) is 1. The number of hydrogen-bond acceptors (Lipinski definition) is 3. The van der Waals surface area contributed by atoms with Gasteiger partial charge in [0.2, 0.25) is 5.88 Å². The van der Waals surface area contributed by atoms with Gasteiger partial charge in [-0.15, -0.1) is 0 Å². The van der Waals surface area contributed by atoms with E-state index in [0.717, 1.165) is 12.1 Å². The minimum Gasteiger partial charge on any atom is -0.508 e. The molecule has 0 aliphatic carbocycles. The van der Waals surface area contributed by atoms with Crippen LogP contribution in [0.1, 0.15) is 11.1 Å². The van der Waals surface area contributed by atoms with Crippen LogP contribution in [0.25, 0.3) is 0 Å². The third kappa shape index (κ3) is 2.96. The fourth-order valence-electron chi connectivity index (χ4n) is 1.43. The van der Waals surface area contributed by atoms with Crippen LogP contribution in [-0.4, -0.2) is 10.1 Å². The Hall–Kier alpha value is -2.24. The van der Waals surface area contributed by atoms with Crippen molar-refractivity contribution < 1.29 is 23.0 Å². The van der Waals surface area contributed by atoms with Crippen LogP contribution in [0.5, 0.6) is 17.4 Å². The maximum absolute atomic E-state index is 12.3. The van der Waals surface area contributed by atoms with Crippen molar-refractivity contribution in [3.63, 3.8) is 0 Å². The molecule has 0 fully saturated rings. The number of alkyl halides is 3. The smallest absolute Gasteiger partial charge is 0.417 e. The fraction of sp³-hybridized carbons (Fsp3) is 0.154. The van der Waals surface area contributed by atoms with Gasteiger partial charge in [-0.05, 0) is 25.1 Å². The summed E-state index contributed by atoms with van der Waals surface area (Å²) in [4.78, 5) is 3.59. The average Bonchev–Trinajstić information content (AvgIpc) is 2.35. The lowest BCUT2D eigenvalue weighted by Crippen LogP contribution is -2.05. The zero-order valence-electron chi connectivity index (χ0n) is 9.90. The van der Waals surface area contributed by atoms with Crippen molar-refractivity contribution in [2.75, 3.05) is 0 Å². The maximum Gasteiger partial charge on any atom is 0.417 e. The Morgan fingerprint density at radius 2 is 1.89 bits per heavy atom. The summed E-state index contributed by atoms with van der Waals surface area (Å²) in [7, 11) is 0. The first-order valence-corrected chi connectivity index (χ1v) is 5.37. The van der Waals surface area contributed by atoms with E-state index in [1.54, 1.807) is 19.1 Å². The van der Waals surface area contributed by atoms with Crippen LogP contribution in [0.4, 0.5) is 13.2 Å². The molecule has 19 heavy (non-hydrogen) atoms. The van der Waals surface area contributed by atoms with E-state index in [1.807, 2.05) is 0 Å². The van der Waals surface area contributed by atoms with Crippen LogP contribution >= 0.6 is 0 Å². The van der Waals surface area contributed by atoms with Gasteiger partial charge >= 0.3 is 6.18 Å². The Bertz CT molecular complexity index is 579. The number of nitrogens with zero attached hydrogens (tertiary/aromatic N) is 1. The molecule has 6 heteroatoms. The van der Waals surface area contributed by atoms with Crippen LogP contribution in [-0.2, 0) is 6.18 Å². The van der Waals surface area contributed by atoms with Gasteiger partial charge in [0.05, 0.1) is 5.56 Å². The van der Waals surface area contributed by atoms with Gasteiger partial charge in [-0.1, -0.05) is 6.07 Å². The van der Waals surface area contributed by atoms with Crippen molar-refractivity contribution in [1.29, 1.82) is 0 Å². The summed E-state index contributed by atoms with van der Waals surface area (Å²) in [5.74, 6) is 0.415. The highest BCUT2D eigenvalue weighted by molar-refractivity contribution is 5.44. The molecule has 0 saturated heterocycles. The zero-order chi connectivity index (χ0) is 14.0. The summed E-state index contributed by atoms with van der Waals surface area (Å²) in [6, 6.07) is 6.67.